The Morgan fingerprint density at radius 2 is 2.00 bits per heavy atom. The summed E-state index contributed by atoms with van der Waals surface area (Å²) in [6, 6.07) is 9.51. The van der Waals surface area contributed by atoms with E-state index in [2.05, 4.69) is 0 Å². The molecular formula is C10H13NO2. The summed E-state index contributed by atoms with van der Waals surface area (Å²) in [6.07, 6.45) is 0.507. The van der Waals surface area contributed by atoms with Crippen LogP contribution in [0, 0.1) is 5.92 Å². The minimum absolute atomic E-state index is 0.190. The summed E-state index contributed by atoms with van der Waals surface area (Å²) in [5, 5.41) is 8.86. The molecular weight excluding hydrogens is 166 g/mol. The molecule has 0 spiro atoms. The number of aliphatic hydroxyl groups excluding tert-OH is 1. The molecule has 1 amide bonds. The highest BCUT2D eigenvalue weighted by Crippen LogP contribution is 2.07. The normalized spacial score (nSPS) is 12.4. The van der Waals surface area contributed by atoms with Crippen LogP contribution in [-0.2, 0) is 11.2 Å². The minimum Gasteiger partial charge on any atom is -0.396 e. The third kappa shape index (κ3) is 2.87. The molecule has 0 fully saturated rings. The second-order valence-electron chi connectivity index (χ2n) is 2.97. The molecule has 0 aliphatic rings. The van der Waals surface area contributed by atoms with E-state index < -0.39 is 11.8 Å². The van der Waals surface area contributed by atoms with Crippen LogP contribution >= 0.6 is 0 Å². The molecule has 3 nitrogen and oxygen atoms in total. The zero-order chi connectivity index (χ0) is 9.68. The van der Waals surface area contributed by atoms with Gasteiger partial charge in [0.2, 0.25) is 5.91 Å². The lowest BCUT2D eigenvalue weighted by atomic mass is 10.00. The van der Waals surface area contributed by atoms with Crippen LogP contribution in [0.15, 0.2) is 30.3 Å². The van der Waals surface area contributed by atoms with Crippen LogP contribution in [0.25, 0.3) is 0 Å². The molecule has 1 aromatic carbocycles. The van der Waals surface area contributed by atoms with E-state index in [1.54, 1.807) is 0 Å². The predicted octanol–water partition coefficient (Wildman–Crippen LogP) is 0.323. The number of primary amides is 1. The minimum atomic E-state index is -0.470. The zero-order valence-electron chi connectivity index (χ0n) is 7.31. The molecule has 1 rings (SSSR count). The number of amides is 1. The maximum Gasteiger partial charge on any atom is 0.223 e. The Bertz CT molecular complexity index is 272. The molecule has 0 heterocycles. The molecule has 13 heavy (non-hydrogen) atoms. The molecule has 3 heteroatoms. The number of benzene rings is 1. The van der Waals surface area contributed by atoms with Crippen molar-refractivity contribution in [3.05, 3.63) is 35.9 Å². The van der Waals surface area contributed by atoms with E-state index in [1.807, 2.05) is 30.3 Å². The third-order valence-corrected chi connectivity index (χ3v) is 1.95. The number of carbonyl (C=O) groups excluding carboxylic acids is 1. The molecule has 0 saturated carbocycles. The molecule has 0 aliphatic heterocycles. The molecule has 1 atom stereocenters. The van der Waals surface area contributed by atoms with Crippen LogP contribution < -0.4 is 5.73 Å². The molecule has 70 valence electrons. The number of hydrogen-bond donors (Lipinski definition) is 2. The molecule has 3 N–H and O–H groups in total. The average Bonchev–Trinajstić information content (AvgIpc) is 2.15. The van der Waals surface area contributed by atoms with Crippen LogP contribution in [0.2, 0.25) is 0 Å². The number of nitrogens with two attached hydrogens (primary N) is 1. The van der Waals surface area contributed by atoms with Crippen molar-refractivity contribution in [2.75, 3.05) is 6.61 Å². The van der Waals surface area contributed by atoms with Gasteiger partial charge in [0, 0.05) is 0 Å². The second-order valence-corrected chi connectivity index (χ2v) is 2.97. The van der Waals surface area contributed by atoms with Crippen molar-refractivity contribution < 1.29 is 9.90 Å². The van der Waals surface area contributed by atoms with Gasteiger partial charge in [0.05, 0.1) is 12.5 Å². The summed E-state index contributed by atoms with van der Waals surface area (Å²) < 4.78 is 0. The van der Waals surface area contributed by atoms with Crippen molar-refractivity contribution in [1.82, 2.24) is 0 Å². The van der Waals surface area contributed by atoms with Gasteiger partial charge in [0.15, 0.2) is 0 Å². The van der Waals surface area contributed by atoms with Gasteiger partial charge in [0.1, 0.15) is 0 Å². The summed E-state index contributed by atoms with van der Waals surface area (Å²) in [6.45, 7) is -0.190. The topological polar surface area (TPSA) is 63.3 Å². The highest BCUT2D eigenvalue weighted by atomic mass is 16.3. The summed E-state index contributed by atoms with van der Waals surface area (Å²) in [4.78, 5) is 10.8. The predicted molar refractivity (Wildman–Crippen MR) is 49.9 cm³/mol. The number of carbonyl (C=O) groups is 1. The Morgan fingerprint density at radius 3 is 2.46 bits per heavy atom. The summed E-state index contributed by atoms with van der Waals surface area (Å²) in [7, 11) is 0. The van der Waals surface area contributed by atoms with Crippen molar-refractivity contribution >= 4 is 5.91 Å². The molecule has 0 saturated heterocycles. The van der Waals surface area contributed by atoms with E-state index in [0.717, 1.165) is 5.56 Å². The number of aliphatic hydroxyl groups is 1. The average molecular weight is 179 g/mol. The lowest BCUT2D eigenvalue weighted by molar-refractivity contribution is -0.122. The first kappa shape index (κ1) is 9.74. The van der Waals surface area contributed by atoms with E-state index in [4.69, 9.17) is 10.8 Å². The fourth-order valence-corrected chi connectivity index (χ4v) is 1.15. The van der Waals surface area contributed by atoms with Gasteiger partial charge in [-0.25, -0.2) is 0 Å². The maximum absolute atomic E-state index is 10.8. The fraction of sp³-hybridized carbons (Fsp3) is 0.300. The van der Waals surface area contributed by atoms with Gasteiger partial charge < -0.3 is 10.8 Å². The Hall–Kier alpha value is -1.35. The SMILES string of the molecule is NC(=O)C(CO)Cc1ccccc1. The zero-order valence-corrected chi connectivity index (χ0v) is 7.31. The Morgan fingerprint density at radius 1 is 1.38 bits per heavy atom. The standard InChI is InChI=1S/C10H13NO2/c11-10(13)9(7-12)6-8-4-2-1-3-5-8/h1-5,9,12H,6-7H2,(H2,11,13). The highest BCUT2D eigenvalue weighted by Gasteiger charge is 2.13. The van der Waals surface area contributed by atoms with Crippen LogP contribution in [0.1, 0.15) is 5.56 Å². The summed E-state index contributed by atoms with van der Waals surface area (Å²) in [5.41, 5.74) is 6.11. The number of rotatable bonds is 4. The van der Waals surface area contributed by atoms with E-state index in [0.29, 0.717) is 6.42 Å². The Kier molecular flexibility index (Phi) is 3.46. The van der Waals surface area contributed by atoms with Crippen molar-refractivity contribution in [2.45, 2.75) is 6.42 Å². The van der Waals surface area contributed by atoms with Gasteiger partial charge in [0.25, 0.3) is 0 Å². The first-order valence-corrected chi connectivity index (χ1v) is 4.18. The Labute approximate surface area is 77.2 Å². The first-order chi connectivity index (χ1) is 6.24. The van der Waals surface area contributed by atoms with Gasteiger partial charge in [-0.2, -0.15) is 0 Å². The van der Waals surface area contributed by atoms with Crippen molar-refractivity contribution in [3.63, 3.8) is 0 Å². The van der Waals surface area contributed by atoms with Crippen molar-refractivity contribution in [3.8, 4) is 0 Å². The van der Waals surface area contributed by atoms with E-state index in [-0.39, 0.29) is 6.61 Å². The third-order valence-electron chi connectivity index (χ3n) is 1.95. The van der Waals surface area contributed by atoms with Gasteiger partial charge >= 0.3 is 0 Å². The van der Waals surface area contributed by atoms with Crippen molar-refractivity contribution in [1.29, 1.82) is 0 Å². The van der Waals surface area contributed by atoms with Crippen LogP contribution in [-0.4, -0.2) is 17.6 Å². The molecule has 0 aromatic heterocycles. The van der Waals surface area contributed by atoms with Gasteiger partial charge in [-0.3, -0.25) is 4.79 Å². The van der Waals surface area contributed by atoms with Gasteiger partial charge in [-0.15, -0.1) is 0 Å². The summed E-state index contributed by atoms with van der Waals surface area (Å²) in [5.74, 6) is -0.922. The largest absolute Gasteiger partial charge is 0.396 e. The van der Waals surface area contributed by atoms with Gasteiger partial charge in [-0.05, 0) is 12.0 Å². The van der Waals surface area contributed by atoms with Crippen LogP contribution in [0.3, 0.4) is 0 Å². The Balaban J connectivity index is 2.62. The molecule has 0 bridgehead atoms. The van der Waals surface area contributed by atoms with Crippen LogP contribution in [0.4, 0.5) is 0 Å². The molecule has 1 aromatic rings. The van der Waals surface area contributed by atoms with Crippen LogP contribution in [0.5, 0.6) is 0 Å². The van der Waals surface area contributed by atoms with Gasteiger partial charge in [-0.1, -0.05) is 30.3 Å². The van der Waals surface area contributed by atoms with E-state index >= 15 is 0 Å². The fourth-order valence-electron chi connectivity index (χ4n) is 1.15. The monoisotopic (exact) mass is 179 g/mol. The lowest BCUT2D eigenvalue weighted by Gasteiger charge is -2.09. The van der Waals surface area contributed by atoms with E-state index in [1.165, 1.54) is 0 Å². The smallest absolute Gasteiger partial charge is 0.223 e. The molecule has 0 radical (unpaired) electrons. The quantitative estimate of drug-likeness (QED) is 0.699. The van der Waals surface area contributed by atoms with E-state index in [9.17, 15) is 4.79 Å². The number of hydrogen-bond acceptors (Lipinski definition) is 2. The first-order valence-electron chi connectivity index (χ1n) is 4.18. The lowest BCUT2D eigenvalue weighted by Crippen LogP contribution is -2.27. The molecule has 1 unspecified atom stereocenters. The molecule has 0 aliphatic carbocycles. The van der Waals surface area contributed by atoms with Crippen molar-refractivity contribution in [2.24, 2.45) is 11.7 Å². The highest BCUT2D eigenvalue weighted by molar-refractivity contribution is 5.77. The maximum atomic E-state index is 10.8. The second kappa shape index (κ2) is 4.62. The summed E-state index contributed by atoms with van der Waals surface area (Å²) >= 11 is 0.